The van der Waals surface area contributed by atoms with E-state index in [2.05, 4.69) is 15.3 Å². The maximum atomic E-state index is 11.6. The lowest BCUT2D eigenvalue weighted by Gasteiger charge is -2.38. The largest absolute Gasteiger partial charge is 0.465 e. The summed E-state index contributed by atoms with van der Waals surface area (Å²) in [5.74, 6) is 0.662. The van der Waals surface area contributed by atoms with Crippen LogP contribution in [0.15, 0.2) is 42.9 Å². The number of amides is 1. The number of rotatable bonds is 4. The van der Waals surface area contributed by atoms with Crippen molar-refractivity contribution < 1.29 is 9.90 Å². The van der Waals surface area contributed by atoms with E-state index in [0.717, 1.165) is 11.3 Å². The molecule has 6 heteroatoms. The molecule has 2 rings (SSSR count). The second-order valence-electron chi connectivity index (χ2n) is 6.34. The minimum Gasteiger partial charge on any atom is -0.465 e. The van der Waals surface area contributed by atoms with Gasteiger partial charge in [0, 0.05) is 23.6 Å². The first-order chi connectivity index (χ1) is 10.8. The molecule has 6 nitrogen and oxygen atoms in total. The zero-order valence-corrected chi connectivity index (χ0v) is 13.8. The first-order valence-electron chi connectivity index (χ1n) is 7.44. The second kappa shape index (κ2) is 6.64. The molecule has 0 bridgehead atoms. The number of hydrogen-bond donors (Lipinski definition) is 2. The summed E-state index contributed by atoms with van der Waals surface area (Å²) in [5.41, 5.74) is 1.34. The molecule has 0 spiro atoms. The normalized spacial score (nSPS) is 12.5. The summed E-state index contributed by atoms with van der Waals surface area (Å²) in [7, 11) is 0. The van der Waals surface area contributed by atoms with E-state index < -0.39 is 11.6 Å². The Morgan fingerprint density at radius 1 is 1.22 bits per heavy atom. The van der Waals surface area contributed by atoms with Crippen molar-refractivity contribution in [1.29, 1.82) is 0 Å². The van der Waals surface area contributed by atoms with Crippen LogP contribution in [-0.4, -0.2) is 31.6 Å². The number of nitrogens with one attached hydrogen (secondary N) is 1. The van der Waals surface area contributed by atoms with Crippen molar-refractivity contribution in [1.82, 2.24) is 14.9 Å². The second-order valence-corrected chi connectivity index (χ2v) is 6.34. The van der Waals surface area contributed by atoms with E-state index in [-0.39, 0.29) is 6.04 Å². The number of carboxylic acid groups (broad SMARTS) is 1. The summed E-state index contributed by atoms with van der Waals surface area (Å²) in [6.45, 7) is 7.56. The molecule has 0 aliphatic heterocycles. The van der Waals surface area contributed by atoms with E-state index in [0.29, 0.717) is 5.82 Å². The van der Waals surface area contributed by atoms with Gasteiger partial charge in [-0.25, -0.2) is 9.78 Å². The summed E-state index contributed by atoms with van der Waals surface area (Å²) in [6.07, 6.45) is 3.95. The predicted molar refractivity (Wildman–Crippen MR) is 89.8 cm³/mol. The van der Waals surface area contributed by atoms with Crippen LogP contribution in [0.3, 0.4) is 0 Å². The lowest BCUT2D eigenvalue weighted by atomic mass is 9.99. The van der Waals surface area contributed by atoms with E-state index in [1.165, 1.54) is 4.90 Å². The summed E-state index contributed by atoms with van der Waals surface area (Å²) in [4.78, 5) is 21.2. The summed E-state index contributed by atoms with van der Waals surface area (Å²) in [5, 5.41) is 12.6. The van der Waals surface area contributed by atoms with Gasteiger partial charge in [0.05, 0.1) is 12.2 Å². The first kappa shape index (κ1) is 16.7. The summed E-state index contributed by atoms with van der Waals surface area (Å²) in [6, 6.07) is 7.42. The van der Waals surface area contributed by atoms with Gasteiger partial charge < -0.3 is 10.4 Å². The Morgan fingerprint density at radius 3 is 2.35 bits per heavy atom. The topological polar surface area (TPSA) is 78.4 Å². The Hall–Kier alpha value is -2.63. The SMILES string of the molecule is C[C@@H](c1ccc(Nc2cnccn2)cc1)N(C(=O)O)C(C)(C)C. The minimum absolute atomic E-state index is 0.238. The van der Waals surface area contributed by atoms with Crippen LogP contribution >= 0.6 is 0 Å². The van der Waals surface area contributed by atoms with Crippen LogP contribution in [0.2, 0.25) is 0 Å². The Morgan fingerprint density at radius 2 is 1.87 bits per heavy atom. The van der Waals surface area contributed by atoms with E-state index in [1.807, 2.05) is 52.0 Å². The van der Waals surface area contributed by atoms with Crippen molar-refractivity contribution in [3.63, 3.8) is 0 Å². The predicted octanol–water partition coefficient (Wildman–Crippen LogP) is 4.06. The third-order valence-electron chi connectivity index (χ3n) is 3.54. The van der Waals surface area contributed by atoms with Crippen molar-refractivity contribution in [2.45, 2.75) is 39.3 Å². The third-order valence-corrected chi connectivity index (χ3v) is 3.54. The van der Waals surface area contributed by atoms with Crippen molar-refractivity contribution in [3.05, 3.63) is 48.4 Å². The molecular formula is C17H22N4O2. The molecule has 1 heterocycles. The zero-order valence-electron chi connectivity index (χ0n) is 13.8. The molecule has 0 aliphatic rings. The molecule has 1 amide bonds. The average Bonchev–Trinajstić information content (AvgIpc) is 2.47. The number of aromatic nitrogens is 2. The quantitative estimate of drug-likeness (QED) is 0.889. The fourth-order valence-electron chi connectivity index (χ4n) is 2.54. The van der Waals surface area contributed by atoms with E-state index in [4.69, 9.17) is 0 Å². The Bertz CT molecular complexity index is 651. The molecule has 0 radical (unpaired) electrons. The number of hydrogen-bond acceptors (Lipinski definition) is 4. The minimum atomic E-state index is -0.924. The van der Waals surface area contributed by atoms with Crippen LogP contribution in [0.25, 0.3) is 0 Å². The number of anilines is 2. The highest BCUT2D eigenvalue weighted by Gasteiger charge is 2.31. The fraction of sp³-hybridized carbons (Fsp3) is 0.353. The van der Waals surface area contributed by atoms with Crippen molar-refractivity contribution >= 4 is 17.6 Å². The molecule has 1 aromatic heterocycles. The van der Waals surface area contributed by atoms with Gasteiger partial charge in [-0.3, -0.25) is 9.88 Å². The highest BCUT2D eigenvalue weighted by atomic mass is 16.4. The molecule has 1 atom stereocenters. The molecule has 2 aromatic rings. The standard InChI is InChI=1S/C17H22N4O2/c1-12(21(16(22)23)17(2,3)4)13-5-7-14(8-6-13)20-15-11-18-9-10-19-15/h5-12H,1-4H3,(H,19,20)(H,22,23)/t12-/m0/s1. The number of carbonyl (C=O) groups is 1. The molecule has 1 aromatic carbocycles. The maximum absolute atomic E-state index is 11.6. The Labute approximate surface area is 136 Å². The van der Waals surface area contributed by atoms with Crippen LogP contribution < -0.4 is 5.32 Å². The van der Waals surface area contributed by atoms with Crippen molar-refractivity contribution in [2.75, 3.05) is 5.32 Å². The van der Waals surface area contributed by atoms with Crippen LogP contribution in [0, 0.1) is 0 Å². The maximum Gasteiger partial charge on any atom is 0.408 e. The van der Waals surface area contributed by atoms with E-state index in [9.17, 15) is 9.90 Å². The highest BCUT2D eigenvalue weighted by Crippen LogP contribution is 2.29. The van der Waals surface area contributed by atoms with Gasteiger partial charge in [0.1, 0.15) is 5.82 Å². The van der Waals surface area contributed by atoms with Gasteiger partial charge in [-0.15, -0.1) is 0 Å². The Kier molecular flexibility index (Phi) is 4.83. The molecule has 0 fully saturated rings. The molecule has 0 saturated heterocycles. The molecule has 0 aliphatic carbocycles. The van der Waals surface area contributed by atoms with Gasteiger partial charge >= 0.3 is 6.09 Å². The van der Waals surface area contributed by atoms with Gasteiger partial charge in [-0.2, -0.15) is 0 Å². The molecule has 23 heavy (non-hydrogen) atoms. The van der Waals surface area contributed by atoms with Crippen molar-refractivity contribution in [2.24, 2.45) is 0 Å². The van der Waals surface area contributed by atoms with Gasteiger partial charge in [0.15, 0.2) is 0 Å². The lowest BCUT2D eigenvalue weighted by Crippen LogP contribution is -2.46. The van der Waals surface area contributed by atoms with Gasteiger partial charge in [-0.1, -0.05) is 12.1 Å². The molecular weight excluding hydrogens is 292 g/mol. The van der Waals surface area contributed by atoms with Crippen LogP contribution in [-0.2, 0) is 0 Å². The smallest absolute Gasteiger partial charge is 0.408 e. The van der Waals surface area contributed by atoms with Gasteiger partial charge in [-0.05, 0) is 45.4 Å². The van der Waals surface area contributed by atoms with Crippen LogP contribution in [0.4, 0.5) is 16.3 Å². The molecule has 2 N–H and O–H groups in total. The zero-order chi connectivity index (χ0) is 17.0. The Balaban J connectivity index is 2.16. The van der Waals surface area contributed by atoms with Crippen LogP contribution in [0.1, 0.15) is 39.3 Å². The number of benzene rings is 1. The summed E-state index contributed by atoms with van der Waals surface area (Å²) < 4.78 is 0. The third kappa shape index (κ3) is 4.18. The highest BCUT2D eigenvalue weighted by molar-refractivity contribution is 5.67. The molecule has 0 saturated carbocycles. The van der Waals surface area contributed by atoms with E-state index in [1.54, 1.807) is 18.6 Å². The fourth-order valence-corrected chi connectivity index (χ4v) is 2.54. The monoisotopic (exact) mass is 314 g/mol. The molecule has 122 valence electrons. The van der Waals surface area contributed by atoms with Crippen molar-refractivity contribution in [3.8, 4) is 0 Å². The summed E-state index contributed by atoms with van der Waals surface area (Å²) >= 11 is 0. The molecule has 0 unspecified atom stereocenters. The van der Waals surface area contributed by atoms with E-state index >= 15 is 0 Å². The van der Waals surface area contributed by atoms with Gasteiger partial charge in [0.25, 0.3) is 0 Å². The lowest BCUT2D eigenvalue weighted by molar-refractivity contribution is 0.0753. The first-order valence-corrected chi connectivity index (χ1v) is 7.44. The number of nitrogens with zero attached hydrogens (tertiary/aromatic N) is 3. The van der Waals surface area contributed by atoms with Gasteiger partial charge in [0.2, 0.25) is 0 Å². The van der Waals surface area contributed by atoms with Crippen LogP contribution in [0.5, 0.6) is 0 Å². The average molecular weight is 314 g/mol.